The maximum atomic E-state index is 5.78. The summed E-state index contributed by atoms with van der Waals surface area (Å²) in [6.45, 7) is 6.78. The molecule has 3 aromatic rings. The van der Waals surface area contributed by atoms with Crippen molar-refractivity contribution in [1.29, 1.82) is 0 Å². The molecule has 2 aromatic heterocycles. The minimum Gasteiger partial charge on any atom is -0.487 e. The Balaban J connectivity index is 1.47. The SMILES string of the molecule is CCNC(=NCc1ccc(OCc2ccccn2)cc1)NCCc1csc(C)n1. The lowest BCUT2D eigenvalue weighted by Gasteiger charge is -2.11. The number of hydrogen-bond acceptors (Lipinski definition) is 5. The van der Waals surface area contributed by atoms with Gasteiger partial charge in [0.25, 0.3) is 0 Å². The van der Waals surface area contributed by atoms with Crippen LogP contribution in [0.25, 0.3) is 0 Å². The van der Waals surface area contributed by atoms with Gasteiger partial charge in [0.15, 0.2) is 5.96 Å². The molecule has 7 heteroatoms. The molecule has 0 bridgehead atoms. The van der Waals surface area contributed by atoms with Crippen LogP contribution in [-0.4, -0.2) is 29.0 Å². The van der Waals surface area contributed by atoms with Crippen LogP contribution in [0.1, 0.15) is 28.9 Å². The van der Waals surface area contributed by atoms with Gasteiger partial charge in [-0.05, 0) is 43.7 Å². The average molecular weight is 410 g/mol. The van der Waals surface area contributed by atoms with E-state index in [0.717, 1.165) is 53.2 Å². The number of guanidine groups is 1. The Kier molecular flexibility index (Phi) is 8.01. The number of hydrogen-bond donors (Lipinski definition) is 2. The second-order valence-corrected chi connectivity index (χ2v) is 7.55. The van der Waals surface area contributed by atoms with Gasteiger partial charge in [-0.1, -0.05) is 18.2 Å². The molecule has 0 fully saturated rings. The van der Waals surface area contributed by atoms with E-state index in [0.29, 0.717) is 13.2 Å². The summed E-state index contributed by atoms with van der Waals surface area (Å²) in [5.41, 5.74) is 3.16. The van der Waals surface area contributed by atoms with E-state index in [-0.39, 0.29) is 0 Å². The number of ether oxygens (including phenoxy) is 1. The van der Waals surface area contributed by atoms with E-state index in [9.17, 15) is 0 Å². The summed E-state index contributed by atoms with van der Waals surface area (Å²) in [4.78, 5) is 13.4. The monoisotopic (exact) mass is 409 g/mol. The summed E-state index contributed by atoms with van der Waals surface area (Å²) >= 11 is 1.69. The van der Waals surface area contributed by atoms with Gasteiger partial charge >= 0.3 is 0 Å². The normalized spacial score (nSPS) is 11.3. The van der Waals surface area contributed by atoms with Gasteiger partial charge < -0.3 is 15.4 Å². The summed E-state index contributed by atoms with van der Waals surface area (Å²) in [6, 6.07) is 13.8. The van der Waals surface area contributed by atoms with Gasteiger partial charge in [-0.3, -0.25) is 4.98 Å². The van der Waals surface area contributed by atoms with E-state index in [4.69, 9.17) is 4.74 Å². The van der Waals surface area contributed by atoms with Crippen molar-refractivity contribution in [2.75, 3.05) is 13.1 Å². The summed E-state index contributed by atoms with van der Waals surface area (Å²) < 4.78 is 5.78. The zero-order valence-electron chi connectivity index (χ0n) is 16.9. The second-order valence-electron chi connectivity index (χ2n) is 6.48. The first-order valence-corrected chi connectivity index (χ1v) is 10.7. The molecule has 0 saturated heterocycles. The Hall–Kier alpha value is -2.93. The van der Waals surface area contributed by atoms with Crippen molar-refractivity contribution in [2.45, 2.75) is 33.4 Å². The topological polar surface area (TPSA) is 71.4 Å². The fourth-order valence-electron chi connectivity index (χ4n) is 2.68. The van der Waals surface area contributed by atoms with Gasteiger partial charge in [0.2, 0.25) is 0 Å². The van der Waals surface area contributed by atoms with E-state index in [1.165, 1.54) is 0 Å². The van der Waals surface area contributed by atoms with Gasteiger partial charge in [-0.2, -0.15) is 0 Å². The number of aliphatic imine (C=N–C) groups is 1. The Labute approximate surface area is 176 Å². The summed E-state index contributed by atoms with van der Waals surface area (Å²) in [6.07, 6.45) is 2.66. The predicted octanol–water partition coefficient (Wildman–Crippen LogP) is 3.72. The van der Waals surface area contributed by atoms with Gasteiger partial charge in [0.1, 0.15) is 12.4 Å². The Morgan fingerprint density at radius 3 is 2.66 bits per heavy atom. The summed E-state index contributed by atoms with van der Waals surface area (Å²) in [5.74, 6) is 1.64. The first-order valence-electron chi connectivity index (χ1n) is 9.78. The van der Waals surface area contributed by atoms with Crippen LogP contribution >= 0.6 is 11.3 Å². The minimum absolute atomic E-state index is 0.464. The average Bonchev–Trinajstić information content (AvgIpc) is 3.17. The number of nitrogens with zero attached hydrogens (tertiary/aromatic N) is 3. The smallest absolute Gasteiger partial charge is 0.191 e. The highest BCUT2D eigenvalue weighted by Gasteiger charge is 2.02. The number of nitrogens with one attached hydrogen (secondary N) is 2. The Morgan fingerprint density at radius 1 is 1.10 bits per heavy atom. The van der Waals surface area contributed by atoms with E-state index in [2.05, 4.69) is 37.9 Å². The summed E-state index contributed by atoms with van der Waals surface area (Å²) in [7, 11) is 0. The maximum Gasteiger partial charge on any atom is 0.191 e. The van der Waals surface area contributed by atoms with E-state index in [1.54, 1.807) is 17.5 Å². The molecule has 2 heterocycles. The molecule has 0 aliphatic rings. The van der Waals surface area contributed by atoms with Crippen LogP contribution in [-0.2, 0) is 19.6 Å². The zero-order chi connectivity index (χ0) is 20.3. The Bertz CT molecular complexity index is 893. The molecule has 0 aliphatic carbocycles. The molecule has 0 atom stereocenters. The molecule has 0 aliphatic heterocycles. The van der Waals surface area contributed by atoms with Crippen LogP contribution in [0.4, 0.5) is 0 Å². The van der Waals surface area contributed by atoms with Crippen LogP contribution in [0.5, 0.6) is 5.75 Å². The molecule has 3 rings (SSSR count). The van der Waals surface area contributed by atoms with Crippen molar-refractivity contribution < 1.29 is 4.74 Å². The molecule has 152 valence electrons. The molecule has 0 saturated carbocycles. The van der Waals surface area contributed by atoms with Crippen molar-refractivity contribution in [3.8, 4) is 5.75 Å². The van der Waals surface area contributed by atoms with Crippen molar-refractivity contribution in [1.82, 2.24) is 20.6 Å². The number of aryl methyl sites for hydroxylation is 1. The molecule has 0 unspecified atom stereocenters. The third-order valence-corrected chi connectivity index (χ3v) is 4.96. The highest BCUT2D eigenvalue weighted by molar-refractivity contribution is 7.09. The number of rotatable bonds is 9. The fourth-order valence-corrected chi connectivity index (χ4v) is 3.32. The number of benzene rings is 1. The van der Waals surface area contributed by atoms with Gasteiger partial charge in [-0.25, -0.2) is 9.98 Å². The molecular formula is C22H27N5OS. The lowest BCUT2D eigenvalue weighted by Crippen LogP contribution is -2.38. The lowest BCUT2D eigenvalue weighted by molar-refractivity contribution is 0.301. The maximum absolute atomic E-state index is 5.78. The summed E-state index contributed by atoms with van der Waals surface area (Å²) in [5, 5.41) is 9.87. The molecule has 29 heavy (non-hydrogen) atoms. The molecular weight excluding hydrogens is 382 g/mol. The predicted molar refractivity (Wildman–Crippen MR) is 118 cm³/mol. The van der Waals surface area contributed by atoms with E-state index < -0.39 is 0 Å². The van der Waals surface area contributed by atoms with Crippen LogP contribution in [0.15, 0.2) is 59.0 Å². The fraction of sp³-hybridized carbons (Fsp3) is 0.318. The molecule has 1 aromatic carbocycles. The highest BCUT2D eigenvalue weighted by atomic mass is 32.1. The third-order valence-electron chi connectivity index (χ3n) is 4.14. The molecule has 2 N–H and O–H groups in total. The van der Waals surface area contributed by atoms with Crippen LogP contribution < -0.4 is 15.4 Å². The van der Waals surface area contributed by atoms with Crippen molar-refractivity contribution in [3.05, 3.63) is 76.0 Å². The number of thiazole rings is 1. The molecule has 0 radical (unpaired) electrons. The lowest BCUT2D eigenvalue weighted by atomic mass is 10.2. The van der Waals surface area contributed by atoms with Gasteiger partial charge in [-0.15, -0.1) is 11.3 Å². The zero-order valence-corrected chi connectivity index (χ0v) is 17.7. The van der Waals surface area contributed by atoms with E-state index >= 15 is 0 Å². The second kappa shape index (κ2) is 11.2. The Morgan fingerprint density at radius 2 is 1.97 bits per heavy atom. The van der Waals surface area contributed by atoms with Gasteiger partial charge in [0.05, 0.1) is 22.9 Å². The largest absolute Gasteiger partial charge is 0.487 e. The molecule has 0 amide bonds. The number of aromatic nitrogens is 2. The van der Waals surface area contributed by atoms with Crippen LogP contribution in [0.2, 0.25) is 0 Å². The first kappa shape index (κ1) is 20.8. The molecule has 6 nitrogen and oxygen atoms in total. The standard InChI is InChI=1S/C22H27N5OS/c1-3-23-22(25-13-11-20-16-29-17(2)27-20)26-14-18-7-9-21(10-8-18)28-15-19-6-4-5-12-24-19/h4-10,12,16H,3,11,13-15H2,1-2H3,(H2,23,25,26). The van der Waals surface area contributed by atoms with Crippen molar-refractivity contribution in [2.24, 2.45) is 4.99 Å². The third kappa shape index (κ3) is 7.19. The highest BCUT2D eigenvalue weighted by Crippen LogP contribution is 2.14. The van der Waals surface area contributed by atoms with Crippen LogP contribution in [0.3, 0.4) is 0 Å². The van der Waals surface area contributed by atoms with Crippen molar-refractivity contribution >= 4 is 17.3 Å². The quantitative estimate of drug-likeness (QED) is 0.416. The first-order chi connectivity index (χ1) is 14.2. The molecule has 0 spiro atoms. The van der Waals surface area contributed by atoms with E-state index in [1.807, 2.05) is 49.4 Å². The number of pyridine rings is 1. The van der Waals surface area contributed by atoms with Crippen molar-refractivity contribution in [3.63, 3.8) is 0 Å². The van der Waals surface area contributed by atoms with Gasteiger partial charge in [0, 0.05) is 31.1 Å². The minimum atomic E-state index is 0.464. The van der Waals surface area contributed by atoms with Crippen LogP contribution in [0, 0.1) is 6.92 Å².